The largest absolute Gasteiger partial charge is 0.457 e. The van der Waals surface area contributed by atoms with Crippen molar-refractivity contribution in [1.29, 1.82) is 0 Å². The van der Waals surface area contributed by atoms with Crippen LogP contribution in [0.3, 0.4) is 0 Å². The zero-order valence-corrected chi connectivity index (χ0v) is 18.5. The van der Waals surface area contributed by atoms with E-state index in [1.165, 1.54) is 36.5 Å². The van der Waals surface area contributed by atoms with Crippen molar-refractivity contribution in [3.05, 3.63) is 76.0 Å². The van der Waals surface area contributed by atoms with Crippen molar-refractivity contribution < 1.29 is 27.5 Å². The standard InChI is InChI=1S/C22H16Cl2F3N3O3/c1-2-20(31)19-11-14(7-8-28-19)33-13-4-6-18(17(24)10-13)30-21(32)29-12-3-5-16(23)15(9-12)22(25,26)27/h3-11H,2H2,1H3,(H2,29,30,32). The molecule has 0 atom stereocenters. The maximum absolute atomic E-state index is 13.0. The van der Waals surface area contributed by atoms with E-state index in [0.29, 0.717) is 17.9 Å². The number of nitrogens with one attached hydrogen (secondary N) is 2. The van der Waals surface area contributed by atoms with Crippen LogP contribution in [-0.2, 0) is 6.18 Å². The van der Waals surface area contributed by atoms with Gasteiger partial charge in [-0.1, -0.05) is 30.1 Å². The summed E-state index contributed by atoms with van der Waals surface area (Å²) in [5, 5.41) is 4.38. The van der Waals surface area contributed by atoms with Gasteiger partial charge in [0.15, 0.2) is 5.78 Å². The van der Waals surface area contributed by atoms with Crippen molar-refractivity contribution in [2.24, 2.45) is 0 Å². The van der Waals surface area contributed by atoms with Crippen molar-refractivity contribution in [3.8, 4) is 11.5 Å². The molecule has 0 saturated heterocycles. The Hall–Kier alpha value is -3.30. The Morgan fingerprint density at radius 1 is 0.970 bits per heavy atom. The molecule has 2 amide bonds. The summed E-state index contributed by atoms with van der Waals surface area (Å²) in [7, 11) is 0. The molecule has 0 aliphatic heterocycles. The molecule has 3 rings (SSSR count). The highest BCUT2D eigenvalue weighted by Gasteiger charge is 2.33. The fourth-order valence-electron chi connectivity index (χ4n) is 2.71. The molecule has 0 fully saturated rings. The van der Waals surface area contributed by atoms with E-state index in [4.69, 9.17) is 27.9 Å². The third-order valence-electron chi connectivity index (χ3n) is 4.29. The number of aromatic nitrogens is 1. The lowest BCUT2D eigenvalue weighted by atomic mass is 10.2. The number of Topliss-reactive ketones (excluding diaryl/α,β-unsaturated/α-hetero) is 1. The number of nitrogens with zero attached hydrogens (tertiary/aromatic N) is 1. The van der Waals surface area contributed by atoms with Gasteiger partial charge in [-0.2, -0.15) is 13.2 Å². The van der Waals surface area contributed by atoms with Crippen LogP contribution in [0.15, 0.2) is 54.7 Å². The molecular weight excluding hydrogens is 482 g/mol. The molecule has 2 aromatic carbocycles. The van der Waals surface area contributed by atoms with Gasteiger partial charge < -0.3 is 15.4 Å². The lowest BCUT2D eigenvalue weighted by molar-refractivity contribution is -0.137. The van der Waals surface area contributed by atoms with Crippen molar-refractivity contribution in [2.45, 2.75) is 19.5 Å². The van der Waals surface area contributed by atoms with Crippen LogP contribution >= 0.6 is 23.2 Å². The predicted molar refractivity (Wildman–Crippen MR) is 119 cm³/mol. The van der Waals surface area contributed by atoms with Crippen molar-refractivity contribution in [3.63, 3.8) is 0 Å². The molecule has 0 bridgehead atoms. The molecule has 0 aliphatic rings. The van der Waals surface area contributed by atoms with E-state index in [1.807, 2.05) is 0 Å². The van der Waals surface area contributed by atoms with Crippen LogP contribution in [-0.4, -0.2) is 16.8 Å². The minimum atomic E-state index is -4.66. The fourth-order valence-corrected chi connectivity index (χ4v) is 3.15. The quantitative estimate of drug-likeness (QED) is 0.346. The molecule has 11 heteroatoms. The summed E-state index contributed by atoms with van der Waals surface area (Å²) in [5.41, 5.74) is -0.702. The van der Waals surface area contributed by atoms with Crippen molar-refractivity contribution >= 4 is 46.4 Å². The Bertz CT molecular complexity index is 1200. The topological polar surface area (TPSA) is 80.3 Å². The van der Waals surface area contributed by atoms with Crippen LogP contribution in [0.1, 0.15) is 29.4 Å². The molecule has 3 aromatic rings. The molecule has 6 nitrogen and oxygen atoms in total. The second-order valence-corrected chi connectivity index (χ2v) is 7.48. The van der Waals surface area contributed by atoms with E-state index in [-0.39, 0.29) is 27.9 Å². The number of ether oxygens (including phenoxy) is 1. The molecular formula is C22H16Cl2F3N3O3. The number of carbonyl (C=O) groups excluding carboxylic acids is 2. The third kappa shape index (κ3) is 6.36. The Labute approximate surface area is 196 Å². The summed E-state index contributed by atoms with van der Waals surface area (Å²) in [6.07, 6.45) is -2.91. The normalized spacial score (nSPS) is 11.1. The van der Waals surface area contributed by atoms with Crippen LogP contribution in [0.25, 0.3) is 0 Å². The van der Waals surface area contributed by atoms with E-state index in [1.54, 1.807) is 13.0 Å². The average Bonchev–Trinajstić information content (AvgIpc) is 2.76. The molecule has 0 unspecified atom stereocenters. The number of amides is 2. The number of benzene rings is 2. The molecule has 2 N–H and O–H groups in total. The Kier molecular flexibility index (Phi) is 7.45. The van der Waals surface area contributed by atoms with Gasteiger partial charge in [0.05, 0.1) is 21.3 Å². The maximum atomic E-state index is 13.0. The highest BCUT2D eigenvalue weighted by atomic mass is 35.5. The zero-order valence-electron chi connectivity index (χ0n) is 17.0. The van der Waals surface area contributed by atoms with Crippen LogP contribution in [0.4, 0.5) is 29.3 Å². The van der Waals surface area contributed by atoms with Gasteiger partial charge in [0.25, 0.3) is 0 Å². The van der Waals surface area contributed by atoms with Crippen LogP contribution in [0, 0.1) is 0 Å². The number of rotatable bonds is 6. The van der Waals surface area contributed by atoms with E-state index in [9.17, 15) is 22.8 Å². The van der Waals surface area contributed by atoms with Gasteiger partial charge in [-0.25, -0.2) is 4.79 Å². The average molecular weight is 498 g/mol. The van der Waals surface area contributed by atoms with Crippen molar-refractivity contribution in [2.75, 3.05) is 10.6 Å². The number of alkyl halides is 3. The lowest BCUT2D eigenvalue weighted by Crippen LogP contribution is -2.20. The second-order valence-electron chi connectivity index (χ2n) is 6.67. The number of pyridine rings is 1. The minimum absolute atomic E-state index is 0.101. The third-order valence-corrected chi connectivity index (χ3v) is 4.93. The number of hydrogen-bond donors (Lipinski definition) is 2. The lowest BCUT2D eigenvalue weighted by Gasteiger charge is -2.13. The first-order chi connectivity index (χ1) is 15.6. The molecule has 1 heterocycles. The molecule has 0 spiro atoms. The number of ketones is 1. The highest BCUT2D eigenvalue weighted by molar-refractivity contribution is 6.34. The smallest absolute Gasteiger partial charge is 0.417 e. The van der Waals surface area contributed by atoms with Gasteiger partial charge in [0.2, 0.25) is 0 Å². The second kappa shape index (κ2) is 10.1. The minimum Gasteiger partial charge on any atom is -0.457 e. The van der Waals surface area contributed by atoms with E-state index in [0.717, 1.165) is 12.1 Å². The van der Waals surface area contributed by atoms with Gasteiger partial charge in [-0.05, 0) is 36.4 Å². The van der Waals surface area contributed by atoms with Gasteiger partial charge >= 0.3 is 12.2 Å². The molecule has 1 aromatic heterocycles. The summed E-state index contributed by atoms with van der Waals surface area (Å²) in [5.74, 6) is 0.575. The highest BCUT2D eigenvalue weighted by Crippen LogP contribution is 2.36. The van der Waals surface area contributed by atoms with E-state index < -0.39 is 22.8 Å². The molecule has 33 heavy (non-hydrogen) atoms. The van der Waals surface area contributed by atoms with Crippen LogP contribution in [0.5, 0.6) is 11.5 Å². The SMILES string of the molecule is CCC(=O)c1cc(Oc2ccc(NC(=O)Nc3ccc(Cl)c(C(F)(F)F)c3)c(Cl)c2)ccn1. The molecule has 0 aliphatic carbocycles. The van der Waals surface area contributed by atoms with Gasteiger partial charge in [-0.3, -0.25) is 9.78 Å². The molecule has 0 radical (unpaired) electrons. The first kappa shape index (κ1) is 24.3. The van der Waals surface area contributed by atoms with Gasteiger partial charge in [0, 0.05) is 30.4 Å². The Morgan fingerprint density at radius 3 is 2.36 bits per heavy atom. The number of carbonyl (C=O) groups is 2. The molecule has 172 valence electrons. The van der Waals surface area contributed by atoms with E-state index >= 15 is 0 Å². The predicted octanol–water partition coefficient (Wildman–Crippen LogP) is 7.44. The zero-order chi connectivity index (χ0) is 24.2. The van der Waals surface area contributed by atoms with Gasteiger partial charge in [-0.15, -0.1) is 0 Å². The first-order valence-corrected chi connectivity index (χ1v) is 10.2. The van der Waals surface area contributed by atoms with Crippen molar-refractivity contribution in [1.82, 2.24) is 4.98 Å². The number of halogens is 5. The Morgan fingerprint density at radius 2 is 1.70 bits per heavy atom. The molecule has 0 saturated carbocycles. The summed E-state index contributed by atoms with van der Waals surface area (Å²) in [4.78, 5) is 28.0. The monoisotopic (exact) mass is 497 g/mol. The Balaban J connectivity index is 1.68. The van der Waals surface area contributed by atoms with Crippen LogP contribution < -0.4 is 15.4 Å². The fraction of sp³-hybridized carbons (Fsp3) is 0.136. The number of anilines is 2. The summed E-state index contributed by atoms with van der Waals surface area (Å²) >= 11 is 11.8. The summed E-state index contributed by atoms with van der Waals surface area (Å²) < 4.78 is 44.6. The first-order valence-electron chi connectivity index (χ1n) is 9.48. The maximum Gasteiger partial charge on any atom is 0.417 e. The summed E-state index contributed by atoms with van der Waals surface area (Å²) in [6, 6.07) is 9.68. The van der Waals surface area contributed by atoms with Crippen LogP contribution in [0.2, 0.25) is 10.0 Å². The summed E-state index contributed by atoms with van der Waals surface area (Å²) in [6.45, 7) is 1.72. The van der Waals surface area contributed by atoms with Gasteiger partial charge in [0.1, 0.15) is 17.2 Å². The number of hydrogen-bond acceptors (Lipinski definition) is 4. The number of urea groups is 1. The van der Waals surface area contributed by atoms with E-state index in [2.05, 4.69) is 15.6 Å².